The first-order valence-corrected chi connectivity index (χ1v) is 6.38. The Labute approximate surface area is 113 Å². The molecule has 0 saturated carbocycles. The number of benzene rings is 1. The van der Waals surface area contributed by atoms with Gasteiger partial charge < -0.3 is 19.9 Å². The van der Waals surface area contributed by atoms with Gasteiger partial charge in [-0.25, -0.2) is 4.79 Å². The second-order valence-electron chi connectivity index (χ2n) is 3.99. The summed E-state index contributed by atoms with van der Waals surface area (Å²) in [6, 6.07) is 5.11. The number of carbonyl (C=O) groups is 1. The normalized spacial score (nSPS) is 10.2. The molecule has 0 spiro atoms. The molecular formula is C14H21NO4. The first kappa shape index (κ1) is 15.3. The van der Waals surface area contributed by atoms with E-state index in [4.69, 9.17) is 19.9 Å². The number of nitrogen functional groups attached to an aromatic ring is 1. The van der Waals surface area contributed by atoms with Crippen LogP contribution >= 0.6 is 0 Å². The van der Waals surface area contributed by atoms with Gasteiger partial charge in [-0.3, -0.25) is 0 Å². The number of nitrogens with two attached hydrogens (primary N) is 1. The summed E-state index contributed by atoms with van der Waals surface area (Å²) in [6.07, 6.45) is 1.61. The number of hydrogen-bond donors (Lipinski definition) is 1. The lowest BCUT2D eigenvalue weighted by Crippen LogP contribution is -2.12. The second kappa shape index (κ2) is 8.37. The molecule has 0 unspecified atom stereocenters. The molecule has 0 fully saturated rings. The number of anilines is 1. The molecule has 0 bridgehead atoms. The predicted octanol–water partition coefficient (Wildman–Crippen LogP) is 2.25. The Morgan fingerprint density at radius 3 is 2.68 bits per heavy atom. The molecule has 1 aromatic rings. The number of ether oxygens (including phenoxy) is 3. The van der Waals surface area contributed by atoms with E-state index in [0.717, 1.165) is 12.8 Å². The number of carbonyl (C=O) groups excluding carboxylic acids is 1. The number of unbranched alkanes of at least 4 members (excludes halogenated alkanes) is 1. The maximum absolute atomic E-state index is 12.0. The zero-order valence-electron chi connectivity index (χ0n) is 11.5. The van der Waals surface area contributed by atoms with E-state index in [9.17, 15) is 4.79 Å². The molecule has 0 aliphatic heterocycles. The SMILES string of the molecule is CCOc1cccc(N)c1C(=O)OCCCCOC. The summed E-state index contributed by atoms with van der Waals surface area (Å²) in [6.45, 7) is 3.33. The Bertz CT molecular complexity index is 406. The Balaban J connectivity index is 2.60. The van der Waals surface area contributed by atoms with Crippen LogP contribution in [0.4, 0.5) is 5.69 Å². The smallest absolute Gasteiger partial charge is 0.344 e. The van der Waals surface area contributed by atoms with Crippen LogP contribution in [0.15, 0.2) is 18.2 Å². The van der Waals surface area contributed by atoms with Gasteiger partial charge in [0.15, 0.2) is 0 Å². The largest absolute Gasteiger partial charge is 0.493 e. The average Bonchev–Trinajstić information content (AvgIpc) is 2.39. The molecule has 106 valence electrons. The van der Waals surface area contributed by atoms with Crippen LogP contribution in [-0.2, 0) is 9.47 Å². The molecule has 0 saturated heterocycles. The fraction of sp³-hybridized carbons (Fsp3) is 0.500. The van der Waals surface area contributed by atoms with Crippen LogP contribution < -0.4 is 10.5 Å². The van der Waals surface area contributed by atoms with E-state index in [-0.39, 0.29) is 0 Å². The third kappa shape index (κ3) is 4.79. The van der Waals surface area contributed by atoms with Crippen LogP contribution in [0.3, 0.4) is 0 Å². The molecule has 0 aliphatic carbocycles. The van der Waals surface area contributed by atoms with Crippen molar-refractivity contribution in [2.24, 2.45) is 0 Å². The predicted molar refractivity (Wildman–Crippen MR) is 73.4 cm³/mol. The van der Waals surface area contributed by atoms with Crippen LogP contribution in [0.2, 0.25) is 0 Å². The summed E-state index contributed by atoms with van der Waals surface area (Å²) in [5.41, 5.74) is 6.47. The lowest BCUT2D eigenvalue weighted by molar-refractivity contribution is 0.0486. The second-order valence-corrected chi connectivity index (χ2v) is 3.99. The summed E-state index contributed by atoms with van der Waals surface area (Å²) < 4.78 is 15.5. The first-order chi connectivity index (χ1) is 9.20. The zero-order chi connectivity index (χ0) is 14.1. The van der Waals surface area contributed by atoms with E-state index in [2.05, 4.69) is 0 Å². The maximum atomic E-state index is 12.0. The Kier molecular flexibility index (Phi) is 6.74. The third-order valence-electron chi connectivity index (χ3n) is 2.54. The fourth-order valence-electron chi connectivity index (χ4n) is 1.63. The number of methoxy groups -OCH3 is 1. The van der Waals surface area contributed by atoms with E-state index in [0.29, 0.717) is 36.8 Å². The van der Waals surface area contributed by atoms with E-state index >= 15 is 0 Å². The molecule has 0 aromatic heterocycles. The van der Waals surface area contributed by atoms with Crippen molar-refractivity contribution in [2.75, 3.05) is 32.7 Å². The molecule has 0 heterocycles. The number of rotatable bonds is 8. The van der Waals surface area contributed by atoms with Gasteiger partial charge >= 0.3 is 5.97 Å². The Hall–Kier alpha value is -1.75. The molecule has 0 amide bonds. The van der Waals surface area contributed by atoms with Crippen molar-refractivity contribution >= 4 is 11.7 Å². The molecule has 19 heavy (non-hydrogen) atoms. The van der Waals surface area contributed by atoms with Gasteiger partial charge in [0.2, 0.25) is 0 Å². The molecule has 2 N–H and O–H groups in total. The van der Waals surface area contributed by atoms with Crippen LogP contribution in [0, 0.1) is 0 Å². The molecule has 5 heteroatoms. The van der Waals surface area contributed by atoms with Crippen molar-refractivity contribution in [3.8, 4) is 5.75 Å². The van der Waals surface area contributed by atoms with Gasteiger partial charge in [0.1, 0.15) is 11.3 Å². The summed E-state index contributed by atoms with van der Waals surface area (Å²) in [5.74, 6) is 0.0170. The quantitative estimate of drug-likeness (QED) is 0.444. The highest BCUT2D eigenvalue weighted by Gasteiger charge is 2.17. The molecule has 1 aromatic carbocycles. The van der Waals surface area contributed by atoms with E-state index in [1.165, 1.54) is 0 Å². The first-order valence-electron chi connectivity index (χ1n) is 6.38. The van der Waals surface area contributed by atoms with Gasteiger partial charge in [-0.15, -0.1) is 0 Å². The van der Waals surface area contributed by atoms with E-state index in [1.54, 1.807) is 25.3 Å². The maximum Gasteiger partial charge on any atom is 0.344 e. The van der Waals surface area contributed by atoms with Crippen LogP contribution in [0.25, 0.3) is 0 Å². The van der Waals surface area contributed by atoms with Crippen molar-refractivity contribution < 1.29 is 19.0 Å². The lowest BCUT2D eigenvalue weighted by atomic mass is 10.1. The minimum atomic E-state index is -0.445. The van der Waals surface area contributed by atoms with Gasteiger partial charge in [-0.2, -0.15) is 0 Å². The van der Waals surface area contributed by atoms with Crippen molar-refractivity contribution in [1.29, 1.82) is 0 Å². The molecular weight excluding hydrogens is 246 g/mol. The van der Waals surface area contributed by atoms with Crippen molar-refractivity contribution in [3.05, 3.63) is 23.8 Å². The topological polar surface area (TPSA) is 70.8 Å². The van der Waals surface area contributed by atoms with Gasteiger partial charge in [0, 0.05) is 19.4 Å². The van der Waals surface area contributed by atoms with Crippen LogP contribution in [-0.4, -0.2) is 32.9 Å². The minimum Gasteiger partial charge on any atom is -0.493 e. The van der Waals surface area contributed by atoms with E-state index < -0.39 is 5.97 Å². The zero-order valence-corrected chi connectivity index (χ0v) is 11.5. The molecule has 0 radical (unpaired) electrons. The average molecular weight is 267 g/mol. The van der Waals surface area contributed by atoms with Gasteiger partial charge in [-0.05, 0) is 31.9 Å². The van der Waals surface area contributed by atoms with Crippen LogP contribution in [0.5, 0.6) is 5.75 Å². The highest BCUT2D eigenvalue weighted by atomic mass is 16.5. The highest BCUT2D eigenvalue weighted by Crippen LogP contribution is 2.25. The third-order valence-corrected chi connectivity index (χ3v) is 2.54. The Morgan fingerprint density at radius 1 is 1.26 bits per heavy atom. The summed E-state index contributed by atoms with van der Waals surface area (Å²) >= 11 is 0. The minimum absolute atomic E-state index is 0.302. The monoisotopic (exact) mass is 267 g/mol. The van der Waals surface area contributed by atoms with Crippen molar-refractivity contribution in [1.82, 2.24) is 0 Å². The lowest BCUT2D eigenvalue weighted by Gasteiger charge is -2.12. The summed E-state index contributed by atoms with van der Waals surface area (Å²) in [5, 5.41) is 0. The number of hydrogen-bond acceptors (Lipinski definition) is 5. The standard InChI is InChI=1S/C14H21NO4/c1-3-18-12-8-6-7-11(15)13(12)14(16)19-10-5-4-9-17-2/h6-8H,3-5,9-10,15H2,1-2H3. The van der Waals surface area contributed by atoms with Gasteiger partial charge in [0.05, 0.1) is 13.2 Å². The molecule has 1 rings (SSSR count). The van der Waals surface area contributed by atoms with Crippen molar-refractivity contribution in [3.63, 3.8) is 0 Å². The van der Waals surface area contributed by atoms with Gasteiger partial charge in [0.25, 0.3) is 0 Å². The van der Waals surface area contributed by atoms with Crippen molar-refractivity contribution in [2.45, 2.75) is 19.8 Å². The number of esters is 1. The van der Waals surface area contributed by atoms with Gasteiger partial charge in [-0.1, -0.05) is 6.07 Å². The Morgan fingerprint density at radius 2 is 2.00 bits per heavy atom. The summed E-state index contributed by atoms with van der Waals surface area (Å²) in [4.78, 5) is 12.0. The molecule has 5 nitrogen and oxygen atoms in total. The fourth-order valence-corrected chi connectivity index (χ4v) is 1.63. The summed E-state index contributed by atoms with van der Waals surface area (Å²) in [7, 11) is 1.64. The van der Waals surface area contributed by atoms with Crippen LogP contribution in [0.1, 0.15) is 30.1 Å². The highest BCUT2D eigenvalue weighted by molar-refractivity contribution is 5.98. The molecule has 0 atom stereocenters. The molecule has 0 aliphatic rings. The van der Waals surface area contributed by atoms with E-state index in [1.807, 2.05) is 6.92 Å².